The third-order valence-corrected chi connectivity index (χ3v) is 4.58. The van der Waals surface area contributed by atoms with Crippen LogP contribution in [0.4, 0.5) is 0 Å². The van der Waals surface area contributed by atoms with Gasteiger partial charge in [-0.25, -0.2) is 13.1 Å². The largest absolute Gasteiger partial charge is 0.310 e. The summed E-state index contributed by atoms with van der Waals surface area (Å²) in [7, 11) is -3.57. The van der Waals surface area contributed by atoms with Crippen molar-refractivity contribution in [3.8, 4) is 0 Å². The fraction of sp³-hybridized carbons (Fsp3) is 0.786. The lowest BCUT2D eigenvalue weighted by Gasteiger charge is -2.18. The van der Waals surface area contributed by atoms with Crippen LogP contribution in [-0.2, 0) is 16.6 Å². The van der Waals surface area contributed by atoms with Crippen molar-refractivity contribution in [3.05, 3.63) is 11.3 Å². The van der Waals surface area contributed by atoms with E-state index in [9.17, 15) is 8.42 Å². The van der Waals surface area contributed by atoms with Gasteiger partial charge in [-0.3, -0.25) is 5.10 Å². The molecule has 0 bridgehead atoms. The fourth-order valence-electron chi connectivity index (χ4n) is 1.80. The van der Waals surface area contributed by atoms with Gasteiger partial charge in [0.2, 0.25) is 0 Å². The predicted molar refractivity (Wildman–Crippen MR) is 84.6 cm³/mol. The molecule has 3 N–H and O–H groups in total. The fourth-order valence-corrected chi connectivity index (χ4v) is 3.02. The summed E-state index contributed by atoms with van der Waals surface area (Å²) >= 11 is 0. The smallest absolute Gasteiger partial charge is 0.260 e. The lowest BCUT2D eigenvalue weighted by atomic mass is 9.93. The normalized spacial score (nSPS) is 13.1. The minimum absolute atomic E-state index is 0.0893. The number of H-pyrrole nitrogens is 1. The summed E-state index contributed by atoms with van der Waals surface area (Å²) in [5, 5.41) is 10.1. The molecule has 0 spiro atoms. The molecule has 0 atom stereocenters. The molecule has 21 heavy (non-hydrogen) atoms. The zero-order valence-electron chi connectivity index (χ0n) is 13.9. The number of sulfonamides is 1. The molecule has 0 fully saturated rings. The first-order valence-electron chi connectivity index (χ1n) is 7.30. The van der Waals surface area contributed by atoms with Crippen LogP contribution in [-0.4, -0.2) is 31.2 Å². The van der Waals surface area contributed by atoms with Gasteiger partial charge in [0.05, 0.1) is 0 Å². The number of nitrogens with one attached hydrogen (secondary N) is 3. The van der Waals surface area contributed by atoms with Gasteiger partial charge < -0.3 is 5.32 Å². The maximum absolute atomic E-state index is 12.4. The highest BCUT2D eigenvalue weighted by molar-refractivity contribution is 7.89. The SMILES string of the molecule is Cc1[nH]nc(S(=O)(=O)NCCC(C)(C)C)c1CNC(C)C. The van der Waals surface area contributed by atoms with E-state index in [1.54, 1.807) is 0 Å². The second-order valence-corrected chi connectivity index (χ2v) is 8.56. The van der Waals surface area contributed by atoms with Crippen LogP contribution in [0.5, 0.6) is 0 Å². The van der Waals surface area contributed by atoms with E-state index in [4.69, 9.17) is 0 Å². The molecule has 0 aliphatic heterocycles. The molecule has 1 heterocycles. The van der Waals surface area contributed by atoms with Crippen LogP contribution >= 0.6 is 0 Å². The first-order valence-corrected chi connectivity index (χ1v) is 8.78. The highest BCUT2D eigenvalue weighted by Crippen LogP contribution is 2.19. The van der Waals surface area contributed by atoms with Gasteiger partial charge in [0, 0.05) is 30.4 Å². The molecule has 7 heteroatoms. The number of hydrogen-bond donors (Lipinski definition) is 3. The number of aryl methyl sites for hydroxylation is 1. The Hall–Kier alpha value is -0.920. The number of rotatable bonds is 7. The molecule has 1 aromatic rings. The van der Waals surface area contributed by atoms with E-state index in [0.717, 1.165) is 12.1 Å². The zero-order valence-corrected chi connectivity index (χ0v) is 14.7. The molecule has 122 valence electrons. The minimum Gasteiger partial charge on any atom is -0.310 e. The van der Waals surface area contributed by atoms with E-state index in [1.165, 1.54) is 0 Å². The van der Waals surface area contributed by atoms with Crippen LogP contribution in [0.15, 0.2) is 5.03 Å². The van der Waals surface area contributed by atoms with Gasteiger partial charge in [0.15, 0.2) is 5.03 Å². The van der Waals surface area contributed by atoms with Crippen molar-refractivity contribution in [2.24, 2.45) is 5.41 Å². The van der Waals surface area contributed by atoms with Gasteiger partial charge >= 0.3 is 0 Å². The summed E-state index contributed by atoms with van der Waals surface area (Å²) < 4.78 is 27.4. The van der Waals surface area contributed by atoms with E-state index in [2.05, 4.69) is 41.0 Å². The second-order valence-electron chi connectivity index (χ2n) is 6.88. The Bertz CT molecular complexity index is 556. The molecular weight excluding hydrogens is 288 g/mol. The van der Waals surface area contributed by atoms with E-state index < -0.39 is 10.0 Å². The average Bonchev–Trinajstić information content (AvgIpc) is 2.66. The number of hydrogen-bond acceptors (Lipinski definition) is 4. The van der Waals surface area contributed by atoms with E-state index in [-0.39, 0.29) is 16.5 Å². The van der Waals surface area contributed by atoms with Gasteiger partial charge in [-0.2, -0.15) is 5.10 Å². The average molecular weight is 316 g/mol. The molecular formula is C14H28N4O2S. The highest BCUT2D eigenvalue weighted by atomic mass is 32.2. The van der Waals surface area contributed by atoms with Crippen LogP contribution in [0.2, 0.25) is 0 Å². The maximum atomic E-state index is 12.4. The first kappa shape index (κ1) is 18.1. The molecule has 0 unspecified atom stereocenters. The van der Waals surface area contributed by atoms with Crippen molar-refractivity contribution in [2.75, 3.05) is 6.54 Å². The summed E-state index contributed by atoms with van der Waals surface area (Å²) in [6.45, 7) is 13.0. The maximum Gasteiger partial charge on any atom is 0.260 e. The van der Waals surface area contributed by atoms with Crippen LogP contribution < -0.4 is 10.0 Å². The molecule has 6 nitrogen and oxygen atoms in total. The van der Waals surface area contributed by atoms with E-state index in [1.807, 2.05) is 20.8 Å². The van der Waals surface area contributed by atoms with Crippen LogP contribution in [0.25, 0.3) is 0 Å². The zero-order chi connectivity index (χ0) is 16.3. The Kier molecular flexibility index (Phi) is 5.95. The highest BCUT2D eigenvalue weighted by Gasteiger charge is 2.24. The van der Waals surface area contributed by atoms with Crippen molar-refractivity contribution >= 4 is 10.0 Å². The van der Waals surface area contributed by atoms with Crippen molar-refractivity contribution < 1.29 is 8.42 Å². The van der Waals surface area contributed by atoms with Crippen molar-refractivity contribution in [1.82, 2.24) is 20.2 Å². The first-order chi connectivity index (χ1) is 9.53. The quantitative estimate of drug-likeness (QED) is 0.717. The molecule has 0 saturated carbocycles. The number of aromatic amines is 1. The van der Waals surface area contributed by atoms with Gasteiger partial charge in [0.1, 0.15) is 0 Å². The monoisotopic (exact) mass is 316 g/mol. The van der Waals surface area contributed by atoms with Crippen LogP contribution in [0.3, 0.4) is 0 Å². The Labute approximate surface area is 128 Å². The number of nitrogens with zero attached hydrogens (tertiary/aromatic N) is 1. The molecule has 1 rings (SSSR count). The Balaban J connectivity index is 2.83. The standard InChI is InChI=1S/C14H28N4O2S/c1-10(2)15-9-12-11(3)17-18-13(12)21(19,20)16-8-7-14(4,5)6/h10,15-16H,7-9H2,1-6H3,(H,17,18). The Morgan fingerprint density at radius 3 is 2.43 bits per heavy atom. The van der Waals surface area contributed by atoms with E-state index >= 15 is 0 Å². The molecule has 0 aliphatic carbocycles. The molecule has 1 aromatic heterocycles. The van der Waals surface area contributed by atoms with Crippen molar-refractivity contribution in [2.45, 2.75) is 65.6 Å². The molecule has 0 aromatic carbocycles. The van der Waals surface area contributed by atoms with Crippen molar-refractivity contribution in [1.29, 1.82) is 0 Å². The lowest BCUT2D eigenvalue weighted by molar-refractivity contribution is 0.378. The van der Waals surface area contributed by atoms with Gasteiger partial charge in [-0.15, -0.1) is 0 Å². The van der Waals surface area contributed by atoms with Gasteiger partial charge in [-0.1, -0.05) is 34.6 Å². The summed E-state index contributed by atoms with van der Waals surface area (Å²) in [4.78, 5) is 0. The third kappa shape index (κ3) is 5.76. The van der Waals surface area contributed by atoms with Crippen molar-refractivity contribution in [3.63, 3.8) is 0 Å². The summed E-state index contributed by atoms with van der Waals surface area (Å²) in [6, 6.07) is 0.281. The molecule has 0 radical (unpaired) electrons. The third-order valence-electron chi connectivity index (χ3n) is 3.14. The molecule has 0 saturated heterocycles. The Morgan fingerprint density at radius 2 is 1.90 bits per heavy atom. The van der Waals surface area contributed by atoms with Crippen LogP contribution in [0.1, 0.15) is 52.3 Å². The molecule has 0 amide bonds. The predicted octanol–water partition coefficient (Wildman–Crippen LogP) is 1.93. The summed E-state index contributed by atoms with van der Waals surface area (Å²) in [6.07, 6.45) is 0.773. The van der Waals surface area contributed by atoms with Gasteiger partial charge in [-0.05, 0) is 18.8 Å². The minimum atomic E-state index is -3.57. The Morgan fingerprint density at radius 1 is 1.29 bits per heavy atom. The summed E-state index contributed by atoms with van der Waals surface area (Å²) in [5.74, 6) is 0. The number of aromatic nitrogens is 2. The van der Waals surface area contributed by atoms with E-state index in [0.29, 0.717) is 18.7 Å². The second kappa shape index (κ2) is 6.89. The van der Waals surface area contributed by atoms with Crippen LogP contribution in [0, 0.1) is 12.3 Å². The molecule has 0 aliphatic rings. The topological polar surface area (TPSA) is 86.9 Å². The lowest BCUT2D eigenvalue weighted by Crippen LogP contribution is -2.29. The summed E-state index contributed by atoms with van der Waals surface area (Å²) in [5.41, 5.74) is 1.57. The van der Waals surface area contributed by atoms with Gasteiger partial charge in [0.25, 0.3) is 10.0 Å².